The molecule has 0 aromatic carbocycles. The number of nitrogens with one attached hydrogen (secondary N) is 1. The standard InChI is InChI=1S/C13H24N2O2/c1-13(12(14)16,8-10-4-2-5-10)15-9-11-6-3-7-17-11/h10-11,15H,2-9H2,1H3,(H2,14,16). The lowest BCUT2D eigenvalue weighted by Crippen LogP contribution is -2.56. The summed E-state index contributed by atoms with van der Waals surface area (Å²) in [5, 5.41) is 3.34. The molecule has 1 amide bonds. The lowest BCUT2D eigenvalue weighted by molar-refractivity contribution is -0.125. The van der Waals surface area contributed by atoms with E-state index in [-0.39, 0.29) is 12.0 Å². The fourth-order valence-corrected chi connectivity index (χ4v) is 2.68. The Morgan fingerprint density at radius 1 is 1.41 bits per heavy atom. The molecule has 1 saturated heterocycles. The van der Waals surface area contributed by atoms with Crippen LogP contribution in [0.2, 0.25) is 0 Å². The minimum absolute atomic E-state index is 0.234. The first kappa shape index (κ1) is 12.8. The van der Waals surface area contributed by atoms with E-state index in [1.165, 1.54) is 19.3 Å². The summed E-state index contributed by atoms with van der Waals surface area (Å²) in [6.07, 6.45) is 7.12. The molecule has 98 valence electrons. The molecule has 1 saturated carbocycles. The molecule has 4 nitrogen and oxygen atoms in total. The van der Waals surface area contributed by atoms with Crippen molar-refractivity contribution in [2.75, 3.05) is 13.2 Å². The molecule has 4 heteroatoms. The van der Waals surface area contributed by atoms with Crippen molar-refractivity contribution in [3.63, 3.8) is 0 Å². The van der Waals surface area contributed by atoms with Gasteiger partial charge < -0.3 is 15.8 Å². The second-order valence-electron chi connectivity index (χ2n) is 5.71. The zero-order valence-corrected chi connectivity index (χ0v) is 10.7. The molecule has 0 aromatic heterocycles. The summed E-state index contributed by atoms with van der Waals surface area (Å²) in [4.78, 5) is 11.6. The van der Waals surface area contributed by atoms with E-state index in [2.05, 4.69) is 5.32 Å². The van der Waals surface area contributed by atoms with Crippen molar-refractivity contribution in [1.82, 2.24) is 5.32 Å². The highest BCUT2D eigenvalue weighted by Gasteiger charge is 2.36. The third-order valence-corrected chi connectivity index (χ3v) is 4.21. The van der Waals surface area contributed by atoms with Gasteiger partial charge >= 0.3 is 0 Å². The highest BCUT2D eigenvalue weighted by atomic mass is 16.5. The Kier molecular flexibility index (Phi) is 4.05. The van der Waals surface area contributed by atoms with Gasteiger partial charge in [-0.25, -0.2) is 0 Å². The van der Waals surface area contributed by atoms with Crippen LogP contribution in [0.15, 0.2) is 0 Å². The molecule has 3 N–H and O–H groups in total. The van der Waals surface area contributed by atoms with Crippen molar-refractivity contribution in [2.45, 2.75) is 57.1 Å². The average molecular weight is 240 g/mol. The smallest absolute Gasteiger partial charge is 0.237 e. The normalized spacial score (nSPS) is 28.6. The molecule has 2 rings (SSSR count). The van der Waals surface area contributed by atoms with E-state index < -0.39 is 5.54 Å². The maximum Gasteiger partial charge on any atom is 0.237 e. The molecular formula is C13H24N2O2. The topological polar surface area (TPSA) is 64.3 Å². The number of nitrogens with two attached hydrogens (primary N) is 1. The Morgan fingerprint density at radius 3 is 2.65 bits per heavy atom. The number of primary amides is 1. The van der Waals surface area contributed by atoms with Crippen molar-refractivity contribution in [2.24, 2.45) is 11.7 Å². The van der Waals surface area contributed by atoms with Crippen LogP contribution in [0.1, 0.15) is 45.4 Å². The molecule has 17 heavy (non-hydrogen) atoms. The third-order valence-electron chi connectivity index (χ3n) is 4.21. The van der Waals surface area contributed by atoms with Crippen molar-refractivity contribution in [3.8, 4) is 0 Å². The van der Waals surface area contributed by atoms with Crippen LogP contribution in [0.5, 0.6) is 0 Å². The Hall–Kier alpha value is -0.610. The van der Waals surface area contributed by atoms with Crippen LogP contribution in [-0.2, 0) is 9.53 Å². The predicted octanol–water partition coefficient (Wildman–Crippen LogP) is 1.19. The fraction of sp³-hybridized carbons (Fsp3) is 0.923. The van der Waals surface area contributed by atoms with Crippen LogP contribution in [-0.4, -0.2) is 30.7 Å². The summed E-state index contributed by atoms with van der Waals surface area (Å²) in [6.45, 7) is 3.52. The van der Waals surface area contributed by atoms with Gasteiger partial charge in [-0.1, -0.05) is 19.3 Å². The molecule has 0 spiro atoms. The molecule has 0 bridgehead atoms. The van der Waals surface area contributed by atoms with Gasteiger partial charge in [-0.15, -0.1) is 0 Å². The summed E-state index contributed by atoms with van der Waals surface area (Å²) in [7, 11) is 0. The van der Waals surface area contributed by atoms with Gasteiger partial charge in [0.2, 0.25) is 5.91 Å². The van der Waals surface area contributed by atoms with E-state index in [0.29, 0.717) is 5.92 Å². The number of carbonyl (C=O) groups is 1. The first-order valence-corrected chi connectivity index (χ1v) is 6.77. The van der Waals surface area contributed by atoms with Crippen LogP contribution in [0.25, 0.3) is 0 Å². The van der Waals surface area contributed by atoms with E-state index in [1.807, 2.05) is 6.92 Å². The molecule has 0 radical (unpaired) electrons. The Labute approximate surface area is 103 Å². The summed E-state index contributed by atoms with van der Waals surface area (Å²) in [5.74, 6) is 0.437. The zero-order valence-electron chi connectivity index (χ0n) is 10.7. The van der Waals surface area contributed by atoms with Crippen molar-refractivity contribution in [1.29, 1.82) is 0 Å². The molecule has 2 aliphatic rings. The molecule has 1 aliphatic heterocycles. The van der Waals surface area contributed by atoms with Gasteiger partial charge in [0.1, 0.15) is 0 Å². The summed E-state index contributed by atoms with van der Waals surface area (Å²) in [5.41, 5.74) is 4.98. The second-order valence-corrected chi connectivity index (χ2v) is 5.71. The molecule has 1 heterocycles. The minimum Gasteiger partial charge on any atom is -0.377 e. The largest absolute Gasteiger partial charge is 0.377 e. The maximum absolute atomic E-state index is 11.6. The molecular weight excluding hydrogens is 216 g/mol. The number of ether oxygens (including phenoxy) is 1. The highest BCUT2D eigenvalue weighted by Crippen LogP contribution is 2.33. The first-order chi connectivity index (χ1) is 8.10. The lowest BCUT2D eigenvalue weighted by Gasteiger charge is -2.36. The third kappa shape index (κ3) is 3.19. The second kappa shape index (κ2) is 5.36. The zero-order chi connectivity index (χ0) is 12.3. The van der Waals surface area contributed by atoms with Crippen LogP contribution in [0.3, 0.4) is 0 Å². The Bertz CT molecular complexity index is 273. The van der Waals surface area contributed by atoms with E-state index in [1.54, 1.807) is 0 Å². The Morgan fingerprint density at radius 2 is 2.18 bits per heavy atom. The van der Waals surface area contributed by atoms with Gasteiger partial charge in [-0.2, -0.15) is 0 Å². The van der Waals surface area contributed by atoms with Gasteiger partial charge in [0, 0.05) is 13.2 Å². The lowest BCUT2D eigenvalue weighted by atomic mass is 9.76. The van der Waals surface area contributed by atoms with E-state index in [0.717, 1.165) is 32.4 Å². The first-order valence-electron chi connectivity index (χ1n) is 6.77. The molecule has 0 aromatic rings. The quantitative estimate of drug-likeness (QED) is 0.733. The van der Waals surface area contributed by atoms with Gasteiger partial charge in [0.15, 0.2) is 0 Å². The number of amides is 1. The summed E-state index contributed by atoms with van der Waals surface area (Å²) < 4.78 is 5.56. The van der Waals surface area contributed by atoms with Gasteiger partial charge in [-0.3, -0.25) is 4.79 Å². The van der Waals surface area contributed by atoms with Crippen molar-refractivity contribution >= 4 is 5.91 Å². The van der Waals surface area contributed by atoms with Gasteiger partial charge in [0.05, 0.1) is 11.6 Å². The van der Waals surface area contributed by atoms with Crippen LogP contribution in [0.4, 0.5) is 0 Å². The maximum atomic E-state index is 11.6. The van der Waals surface area contributed by atoms with Gasteiger partial charge in [0.25, 0.3) is 0 Å². The molecule has 2 atom stereocenters. The highest BCUT2D eigenvalue weighted by molar-refractivity contribution is 5.84. The van der Waals surface area contributed by atoms with Crippen molar-refractivity contribution < 1.29 is 9.53 Å². The fourth-order valence-electron chi connectivity index (χ4n) is 2.68. The minimum atomic E-state index is -0.558. The summed E-state index contributed by atoms with van der Waals surface area (Å²) in [6, 6.07) is 0. The van der Waals surface area contributed by atoms with Crippen LogP contribution in [0, 0.1) is 5.92 Å². The van der Waals surface area contributed by atoms with Gasteiger partial charge in [-0.05, 0) is 32.1 Å². The number of rotatable bonds is 6. The Balaban J connectivity index is 1.83. The molecule has 1 aliphatic carbocycles. The monoisotopic (exact) mass is 240 g/mol. The van der Waals surface area contributed by atoms with Crippen LogP contribution < -0.4 is 11.1 Å². The van der Waals surface area contributed by atoms with Crippen molar-refractivity contribution in [3.05, 3.63) is 0 Å². The number of carbonyl (C=O) groups excluding carboxylic acids is 1. The SMILES string of the molecule is CC(CC1CCC1)(NCC1CCCO1)C(N)=O. The number of hydrogen-bond acceptors (Lipinski definition) is 3. The van der Waals surface area contributed by atoms with E-state index >= 15 is 0 Å². The molecule has 2 unspecified atom stereocenters. The van der Waals surface area contributed by atoms with E-state index in [9.17, 15) is 4.79 Å². The average Bonchev–Trinajstić information content (AvgIpc) is 2.73. The number of hydrogen-bond donors (Lipinski definition) is 2. The van der Waals surface area contributed by atoms with E-state index in [4.69, 9.17) is 10.5 Å². The molecule has 2 fully saturated rings. The summed E-state index contributed by atoms with van der Waals surface area (Å²) >= 11 is 0. The predicted molar refractivity (Wildman–Crippen MR) is 66.5 cm³/mol. The van der Waals surface area contributed by atoms with Crippen LogP contribution >= 0.6 is 0 Å².